The van der Waals surface area contributed by atoms with Gasteiger partial charge in [-0.1, -0.05) is 103 Å². The molecular weight excluding hydrogens is 479 g/mol. The van der Waals surface area contributed by atoms with E-state index < -0.39 is 7.14 Å². The lowest BCUT2D eigenvalue weighted by atomic mass is 9.85. The molecule has 0 amide bonds. The van der Waals surface area contributed by atoms with Crippen LogP contribution in [-0.4, -0.2) is 13.3 Å². The van der Waals surface area contributed by atoms with Crippen LogP contribution in [0.3, 0.4) is 0 Å². The molecule has 0 aromatic heterocycles. The average Bonchev–Trinajstić information content (AvgIpc) is 2.92. The number of aryl methyl sites for hydroxylation is 1. The number of allylic oxidation sites excluding steroid dienone is 1. The van der Waals surface area contributed by atoms with Crippen molar-refractivity contribution in [3.8, 4) is 22.3 Å². The fourth-order valence-corrected chi connectivity index (χ4v) is 6.54. The molecule has 0 radical (unpaired) electrons. The first-order chi connectivity index (χ1) is 18.3. The molecule has 0 spiro atoms. The summed E-state index contributed by atoms with van der Waals surface area (Å²) in [5, 5.41) is 8.12. The van der Waals surface area contributed by atoms with Crippen LogP contribution in [0.2, 0.25) is 0 Å². The molecule has 0 aliphatic heterocycles. The molecule has 0 unspecified atom stereocenters. The Morgan fingerprint density at radius 1 is 0.605 bits per heavy atom. The predicted octanol–water partition coefficient (Wildman–Crippen LogP) is 10.1. The Bertz CT molecular complexity index is 1940. The standard InChI is InChI=1S/C36H31OP/c1-5-10-25-15-17-28(21-24(25)2)35-31-13-8-9-14-32(31)36(29-18-16-26-11-6-7-12-27(26)22-29)34-23-30(38(3,4)37)19-20-33(34)35/h5-23H,1-4H3/b10-5-. The lowest BCUT2D eigenvalue weighted by molar-refractivity contribution is 0.588. The van der Waals surface area contributed by atoms with Crippen molar-refractivity contribution in [1.29, 1.82) is 0 Å². The number of fused-ring (bicyclic) bond motifs is 3. The molecule has 38 heavy (non-hydrogen) atoms. The molecule has 0 heterocycles. The quantitative estimate of drug-likeness (QED) is 0.170. The highest BCUT2D eigenvalue weighted by atomic mass is 31.2. The highest BCUT2D eigenvalue weighted by Crippen LogP contribution is 2.45. The van der Waals surface area contributed by atoms with Crippen LogP contribution < -0.4 is 5.30 Å². The van der Waals surface area contributed by atoms with Gasteiger partial charge in [-0.2, -0.15) is 0 Å². The van der Waals surface area contributed by atoms with Gasteiger partial charge in [-0.25, -0.2) is 0 Å². The van der Waals surface area contributed by atoms with E-state index in [2.05, 4.69) is 129 Å². The fraction of sp³-hybridized carbons (Fsp3) is 0.111. The number of rotatable bonds is 4. The minimum atomic E-state index is -2.45. The van der Waals surface area contributed by atoms with E-state index in [-0.39, 0.29) is 0 Å². The van der Waals surface area contributed by atoms with Gasteiger partial charge in [0.15, 0.2) is 0 Å². The van der Waals surface area contributed by atoms with Crippen LogP contribution in [0.1, 0.15) is 18.1 Å². The molecule has 0 aliphatic rings. The van der Waals surface area contributed by atoms with E-state index in [9.17, 15) is 4.57 Å². The van der Waals surface area contributed by atoms with Crippen molar-refractivity contribution in [2.45, 2.75) is 13.8 Å². The van der Waals surface area contributed by atoms with Gasteiger partial charge in [0.2, 0.25) is 0 Å². The Balaban J connectivity index is 1.77. The molecule has 6 aromatic rings. The Labute approximate surface area is 224 Å². The van der Waals surface area contributed by atoms with E-state index in [0.717, 1.165) is 10.7 Å². The first-order valence-electron chi connectivity index (χ1n) is 13.1. The summed E-state index contributed by atoms with van der Waals surface area (Å²) in [5.74, 6) is 0. The molecule has 0 fully saturated rings. The lowest BCUT2D eigenvalue weighted by Crippen LogP contribution is -2.03. The summed E-state index contributed by atoms with van der Waals surface area (Å²) in [6.07, 6.45) is 4.24. The van der Waals surface area contributed by atoms with E-state index in [1.165, 1.54) is 60.3 Å². The van der Waals surface area contributed by atoms with Gasteiger partial charge >= 0.3 is 0 Å². The summed E-state index contributed by atoms with van der Waals surface area (Å²) in [5.41, 5.74) is 7.28. The van der Waals surface area contributed by atoms with Gasteiger partial charge in [0.25, 0.3) is 0 Å². The molecule has 0 saturated carbocycles. The summed E-state index contributed by atoms with van der Waals surface area (Å²) in [6, 6.07) is 37.1. The van der Waals surface area contributed by atoms with Crippen molar-refractivity contribution >= 4 is 50.8 Å². The molecular formula is C36H31OP. The third-order valence-corrected chi connectivity index (χ3v) is 9.09. The maximum absolute atomic E-state index is 13.2. The highest BCUT2D eigenvalue weighted by Gasteiger charge is 2.20. The number of hydrogen-bond donors (Lipinski definition) is 0. The Kier molecular flexibility index (Phi) is 6.05. The monoisotopic (exact) mass is 510 g/mol. The Morgan fingerprint density at radius 3 is 1.89 bits per heavy atom. The Hall–Kier alpha value is -3.93. The first-order valence-corrected chi connectivity index (χ1v) is 15.7. The van der Waals surface area contributed by atoms with Crippen molar-refractivity contribution in [2.24, 2.45) is 0 Å². The van der Waals surface area contributed by atoms with Crippen molar-refractivity contribution in [1.82, 2.24) is 0 Å². The molecule has 186 valence electrons. The van der Waals surface area contributed by atoms with Crippen LogP contribution in [0, 0.1) is 6.92 Å². The summed E-state index contributed by atoms with van der Waals surface area (Å²) in [6.45, 7) is 7.94. The smallest absolute Gasteiger partial charge is 0.109 e. The number of benzene rings is 6. The van der Waals surface area contributed by atoms with E-state index in [1.807, 2.05) is 13.3 Å². The van der Waals surface area contributed by atoms with Crippen LogP contribution in [0.25, 0.3) is 60.6 Å². The lowest BCUT2D eigenvalue weighted by Gasteiger charge is -2.20. The topological polar surface area (TPSA) is 17.1 Å². The summed E-state index contributed by atoms with van der Waals surface area (Å²) < 4.78 is 13.2. The molecule has 2 heteroatoms. The molecule has 0 bridgehead atoms. The van der Waals surface area contributed by atoms with E-state index >= 15 is 0 Å². The summed E-state index contributed by atoms with van der Waals surface area (Å²) in [4.78, 5) is 0. The largest absolute Gasteiger partial charge is 0.319 e. The van der Waals surface area contributed by atoms with Crippen LogP contribution in [-0.2, 0) is 4.57 Å². The van der Waals surface area contributed by atoms with Crippen molar-refractivity contribution in [2.75, 3.05) is 13.3 Å². The third kappa shape index (κ3) is 4.18. The van der Waals surface area contributed by atoms with Gasteiger partial charge in [0.1, 0.15) is 7.14 Å². The molecule has 0 N–H and O–H groups in total. The van der Waals surface area contributed by atoms with E-state index in [0.29, 0.717) is 0 Å². The third-order valence-electron chi connectivity index (χ3n) is 7.57. The van der Waals surface area contributed by atoms with Crippen molar-refractivity contribution in [3.05, 3.63) is 120 Å². The van der Waals surface area contributed by atoms with Gasteiger partial charge in [-0.15, -0.1) is 0 Å². The number of hydrogen-bond acceptors (Lipinski definition) is 1. The fourth-order valence-electron chi connectivity index (χ4n) is 5.67. The van der Waals surface area contributed by atoms with E-state index in [4.69, 9.17) is 0 Å². The average molecular weight is 511 g/mol. The summed E-state index contributed by atoms with van der Waals surface area (Å²) in [7, 11) is -2.45. The Morgan fingerprint density at radius 2 is 1.21 bits per heavy atom. The van der Waals surface area contributed by atoms with Crippen LogP contribution >= 0.6 is 7.14 Å². The maximum atomic E-state index is 13.2. The SMILES string of the molecule is C/C=C\c1ccc(-c2c3ccccc3c(-c3ccc4ccccc4c3)c3cc(P(C)(C)=O)ccc23)cc1C. The normalized spacial score (nSPS) is 12.2. The zero-order valence-corrected chi connectivity index (χ0v) is 23.2. The molecule has 6 aromatic carbocycles. The van der Waals surface area contributed by atoms with Gasteiger partial charge in [0, 0.05) is 5.30 Å². The minimum absolute atomic E-state index is 0.910. The first kappa shape index (κ1) is 24.4. The second kappa shape index (κ2) is 9.43. The minimum Gasteiger partial charge on any atom is -0.319 e. The molecule has 0 aliphatic carbocycles. The van der Waals surface area contributed by atoms with Crippen LogP contribution in [0.4, 0.5) is 0 Å². The molecule has 0 atom stereocenters. The zero-order valence-electron chi connectivity index (χ0n) is 22.3. The van der Waals surface area contributed by atoms with Gasteiger partial charge in [-0.05, 0) is 105 Å². The van der Waals surface area contributed by atoms with Gasteiger partial charge in [0.05, 0.1) is 0 Å². The summed E-state index contributed by atoms with van der Waals surface area (Å²) >= 11 is 0. The second-order valence-corrected chi connectivity index (χ2v) is 13.7. The predicted molar refractivity (Wildman–Crippen MR) is 168 cm³/mol. The highest BCUT2D eigenvalue weighted by molar-refractivity contribution is 7.70. The van der Waals surface area contributed by atoms with Crippen molar-refractivity contribution < 1.29 is 4.57 Å². The van der Waals surface area contributed by atoms with Crippen molar-refractivity contribution in [3.63, 3.8) is 0 Å². The van der Waals surface area contributed by atoms with Gasteiger partial charge < -0.3 is 4.57 Å². The zero-order chi connectivity index (χ0) is 26.4. The van der Waals surface area contributed by atoms with Crippen LogP contribution in [0.5, 0.6) is 0 Å². The van der Waals surface area contributed by atoms with E-state index in [1.54, 1.807) is 0 Å². The van der Waals surface area contributed by atoms with Crippen LogP contribution in [0.15, 0.2) is 109 Å². The molecule has 6 rings (SSSR count). The molecule has 0 saturated heterocycles. The molecule has 1 nitrogen and oxygen atoms in total. The maximum Gasteiger partial charge on any atom is 0.109 e. The second-order valence-electron chi connectivity index (χ2n) is 10.5. The van der Waals surface area contributed by atoms with Gasteiger partial charge in [-0.3, -0.25) is 0 Å².